The van der Waals surface area contributed by atoms with Crippen LogP contribution in [-0.2, 0) is 14.8 Å². The van der Waals surface area contributed by atoms with Gasteiger partial charge in [-0.25, -0.2) is 8.42 Å². The maximum atomic E-state index is 12.7. The van der Waals surface area contributed by atoms with Crippen molar-refractivity contribution in [1.82, 2.24) is 19.5 Å². The number of H-pyrrole nitrogens is 1. The first-order valence-corrected chi connectivity index (χ1v) is 10.5. The van der Waals surface area contributed by atoms with E-state index in [4.69, 9.17) is 0 Å². The van der Waals surface area contributed by atoms with Crippen molar-refractivity contribution in [1.29, 1.82) is 0 Å². The lowest BCUT2D eigenvalue weighted by atomic mass is 10.1. The van der Waals surface area contributed by atoms with Gasteiger partial charge < -0.3 is 5.32 Å². The number of benzene rings is 1. The molecule has 1 aromatic carbocycles. The fourth-order valence-electron chi connectivity index (χ4n) is 2.82. The van der Waals surface area contributed by atoms with Gasteiger partial charge >= 0.3 is 0 Å². The van der Waals surface area contributed by atoms with Crippen molar-refractivity contribution in [3.05, 3.63) is 59.9 Å². The Labute approximate surface area is 174 Å². The average molecular weight is 427 g/mol. The molecule has 3 rings (SSSR count). The molecule has 0 fully saturated rings. The molecular weight excluding hydrogens is 406 g/mol. The molecule has 10 heteroatoms. The minimum absolute atomic E-state index is 0.00118. The summed E-state index contributed by atoms with van der Waals surface area (Å²) in [7, 11) is -2.58. The third kappa shape index (κ3) is 4.44. The Morgan fingerprint density at radius 1 is 1.10 bits per heavy atom. The smallest absolute Gasteiger partial charge is 0.243 e. The Bertz CT molecular complexity index is 1170. The number of ketones is 1. The molecular formula is C20H21N5O4S. The molecule has 0 aliphatic carbocycles. The van der Waals surface area contributed by atoms with Gasteiger partial charge in [-0.2, -0.15) is 9.40 Å². The first-order valence-electron chi connectivity index (χ1n) is 9.02. The summed E-state index contributed by atoms with van der Waals surface area (Å²) >= 11 is 0. The number of sulfonamides is 1. The molecule has 2 heterocycles. The van der Waals surface area contributed by atoms with E-state index in [-0.39, 0.29) is 10.7 Å². The van der Waals surface area contributed by atoms with Crippen molar-refractivity contribution in [2.75, 3.05) is 18.9 Å². The monoisotopic (exact) mass is 427 g/mol. The van der Waals surface area contributed by atoms with Crippen LogP contribution in [0.25, 0.3) is 11.3 Å². The van der Waals surface area contributed by atoms with E-state index >= 15 is 0 Å². The molecule has 0 atom stereocenters. The molecule has 0 spiro atoms. The highest BCUT2D eigenvalue weighted by Gasteiger charge is 2.24. The quantitative estimate of drug-likeness (QED) is 0.557. The SMILES string of the molecule is CC(=O)c1ccc(S(=O)(=O)N(C)CC(=O)Nc2n[nH]c(-c3ccncc3)c2C)cc1. The summed E-state index contributed by atoms with van der Waals surface area (Å²) in [6.07, 6.45) is 3.30. The lowest BCUT2D eigenvalue weighted by molar-refractivity contribution is -0.116. The summed E-state index contributed by atoms with van der Waals surface area (Å²) in [5, 5.41) is 9.61. The third-order valence-electron chi connectivity index (χ3n) is 4.57. The highest BCUT2D eigenvalue weighted by atomic mass is 32.2. The number of amides is 1. The fraction of sp³-hybridized carbons (Fsp3) is 0.200. The molecule has 0 aliphatic rings. The minimum atomic E-state index is -3.89. The fourth-order valence-corrected chi connectivity index (χ4v) is 3.95. The van der Waals surface area contributed by atoms with Crippen molar-refractivity contribution < 1.29 is 18.0 Å². The number of nitrogens with zero attached hydrogens (tertiary/aromatic N) is 3. The lowest BCUT2D eigenvalue weighted by Gasteiger charge is -2.16. The van der Waals surface area contributed by atoms with Gasteiger partial charge in [-0.15, -0.1) is 0 Å². The van der Waals surface area contributed by atoms with Gasteiger partial charge in [0.15, 0.2) is 11.6 Å². The lowest BCUT2D eigenvalue weighted by Crippen LogP contribution is -2.35. The van der Waals surface area contributed by atoms with Crippen molar-refractivity contribution in [2.45, 2.75) is 18.7 Å². The predicted octanol–water partition coefficient (Wildman–Crippen LogP) is 2.24. The number of aromatic amines is 1. The Morgan fingerprint density at radius 3 is 2.33 bits per heavy atom. The topological polar surface area (TPSA) is 125 Å². The maximum absolute atomic E-state index is 12.7. The molecule has 0 radical (unpaired) electrons. The molecule has 30 heavy (non-hydrogen) atoms. The van der Waals surface area contributed by atoms with Crippen LogP contribution in [-0.4, -0.2) is 53.2 Å². The number of hydrogen-bond donors (Lipinski definition) is 2. The van der Waals surface area contributed by atoms with Crippen molar-refractivity contribution in [3.63, 3.8) is 0 Å². The summed E-state index contributed by atoms with van der Waals surface area (Å²) in [5.74, 6) is -0.368. The molecule has 0 unspecified atom stereocenters. The van der Waals surface area contributed by atoms with Gasteiger partial charge in [0.1, 0.15) is 0 Å². The number of pyridine rings is 1. The summed E-state index contributed by atoms with van der Waals surface area (Å²) in [5.41, 5.74) is 2.73. The Hall–Kier alpha value is -3.37. The number of anilines is 1. The zero-order valence-electron chi connectivity index (χ0n) is 16.7. The number of hydrogen-bond acceptors (Lipinski definition) is 6. The molecule has 9 nitrogen and oxygen atoms in total. The summed E-state index contributed by atoms with van der Waals surface area (Å²) in [6.45, 7) is 2.80. The molecule has 0 saturated heterocycles. The summed E-state index contributed by atoms with van der Waals surface area (Å²) in [4.78, 5) is 27.7. The first kappa shape index (κ1) is 21.3. The van der Waals surface area contributed by atoms with Gasteiger partial charge in [-0.3, -0.25) is 19.7 Å². The van der Waals surface area contributed by atoms with Crippen LogP contribution in [0.1, 0.15) is 22.8 Å². The standard InChI is InChI=1S/C20H21N5O4S/c1-13-19(16-8-10-21-11-9-16)23-24-20(13)22-18(27)12-25(3)30(28,29)17-6-4-15(5-7-17)14(2)26/h4-11H,12H2,1-3H3,(H2,22,23,24,27). The first-order chi connectivity index (χ1) is 14.2. The van der Waals surface area contributed by atoms with Crippen LogP contribution in [0.3, 0.4) is 0 Å². The second kappa shape index (κ2) is 8.56. The zero-order valence-corrected chi connectivity index (χ0v) is 17.5. The maximum Gasteiger partial charge on any atom is 0.243 e. The van der Waals surface area contributed by atoms with Gasteiger partial charge in [0.2, 0.25) is 15.9 Å². The van der Waals surface area contributed by atoms with Crippen LogP contribution < -0.4 is 5.32 Å². The second-order valence-electron chi connectivity index (χ2n) is 6.70. The third-order valence-corrected chi connectivity index (χ3v) is 6.39. The second-order valence-corrected chi connectivity index (χ2v) is 8.74. The van der Waals surface area contributed by atoms with Crippen molar-refractivity contribution in [2.24, 2.45) is 0 Å². The number of nitrogens with one attached hydrogen (secondary N) is 2. The van der Waals surface area contributed by atoms with Crippen LogP contribution in [0, 0.1) is 6.92 Å². The number of carbonyl (C=O) groups excluding carboxylic acids is 2. The number of carbonyl (C=O) groups is 2. The van der Waals surface area contributed by atoms with Crippen molar-refractivity contribution >= 4 is 27.5 Å². The Kier molecular flexibility index (Phi) is 6.09. The van der Waals surface area contributed by atoms with E-state index in [2.05, 4.69) is 20.5 Å². The Morgan fingerprint density at radius 2 is 1.73 bits per heavy atom. The van der Waals surface area contributed by atoms with E-state index in [1.807, 2.05) is 12.1 Å². The number of aromatic nitrogens is 3. The molecule has 0 saturated carbocycles. The van der Waals surface area contributed by atoms with Gasteiger partial charge in [0, 0.05) is 36.1 Å². The van der Waals surface area contributed by atoms with Crippen LogP contribution in [0.15, 0.2) is 53.7 Å². The van der Waals surface area contributed by atoms with E-state index in [0.29, 0.717) is 11.4 Å². The number of rotatable bonds is 7. The van der Waals surface area contributed by atoms with Crippen molar-refractivity contribution in [3.8, 4) is 11.3 Å². The van der Waals surface area contributed by atoms with E-state index in [9.17, 15) is 18.0 Å². The zero-order chi connectivity index (χ0) is 21.9. The molecule has 2 aromatic heterocycles. The van der Waals surface area contributed by atoms with E-state index in [1.165, 1.54) is 38.2 Å². The average Bonchev–Trinajstić information content (AvgIpc) is 3.08. The van der Waals surface area contributed by atoms with Crippen LogP contribution in [0.5, 0.6) is 0 Å². The predicted molar refractivity (Wildman–Crippen MR) is 111 cm³/mol. The van der Waals surface area contributed by atoms with Gasteiger partial charge in [-0.05, 0) is 38.1 Å². The van der Waals surface area contributed by atoms with E-state index in [1.54, 1.807) is 19.3 Å². The highest BCUT2D eigenvalue weighted by Crippen LogP contribution is 2.25. The summed E-state index contributed by atoms with van der Waals surface area (Å²) in [6, 6.07) is 9.19. The molecule has 3 aromatic rings. The largest absolute Gasteiger partial charge is 0.308 e. The Balaban J connectivity index is 1.70. The van der Waals surface area contributed by atoms with Gasteiger partial charge in [-0.1, -0.05) is 12.1 Å². The number of Topliss-reactive ketones (excluding diaryl/α,β-unsaturated/α-hetero) is 1. The van der Waals surface area contributed by atoms with Gasteiger partial charge in [0.05, 0.1) is 17.1 Å². The van der Waals surface area contributed by atoms with E-state index < -0.39 is 22.5 Å². The molecule has 1 amide bonds. The van der Waals surface area contributed by atoms with Crippen LogP contribution in [0.4, 0.5) is 5.82 Å². The normalized spacial score (nSPS) is 11.5. The van der Waals surface area contributed by atoms with Crippen LogP contribution in [0.2, 0.25) is 0 Å². The molecule has 2 N–H and O–H groups in total. The molecule has 0 bridgehead atoms. The summed E-state index contributed by atoms with van der Waals surface area (Å²) < 4.78 is 26.3. The van der Waals surface area contributed by atoms with E-state index in [0.717, 1.165) is 21.1 Å². The number of likely N-dealkylation sites (N-methyl/N-ethyl adjacent to an activating group) is 1. The van der Waals surface area contributed by atoms with Gasteiger partial charge in [0.25, 0.3) is 0 Å². The molecule has 0 aliphatic heterocycles. The minimum Gasteiger partial charge on any atom is -0.308 e. The highest BCUT2D eigenvalue weighted by molar-refractivity contribution is 7.89. The molecule has 156 valence electrons. The van der Waals surface area contributed by atoms with Crippen LogP contribution >= 0.6 is 0 Å².